The molecule has 2 heterocycles. The molecule has 4 rings (SSSR count). The first-order valence-corrected chi connectivity index (χ1v) is 15.6. The Balaban J connectivity index is 1.94. The van der Waals surface area contributed by atoms with Gasteiger partial charge in [-0.05, 0) is 25.0 Å². The van der Waals surface area contributed by atoms with E-state index in [1.165, 1.54) is 11.8 Å². The van der Waals surface area contributed by atoms with Crippen molar-refractivity contribution in [2.45, 2.75) is 115 Å². The van der Waals surface area contributed by atoms with Gasteiger partial charge in [-0.15, -0.1) is 0 Å². The molecule has 1 aromatic rings. The molecule has 1 aliphatic carbocycles. The summed E-state index contributed by atoms with van der Waals surface area (Å²) in [7, 11) is 0. The lowest BCUT2D eigenvalue weighted by Crippen LogP contribution is -2.72. The van der Waals surface area contributed by atoms with E-state index in [0.29, 0.717) is 12.8 Å². The highest BCUT2D eigenvalue weighted by molar-refractivity contribution is 6.22. The number of carbonyl (C=O) groups excluding carboxylic acids is 7. The van der Waals surface area contributed by atoms with Crippen molar-refractivity contribution in [1.29, 1.82) is 0 Å². The van der Waals surface area contributed by atoms with Crippen molar-refractivity contribution in [2.24, 2.45) is 0 Å². The molecule has 1 spiro atoms. The number of hydrogen-bond donors (Lipinski definition) is 1. The zero-order valence-electron chi connectivity index (χ0n) is 27.1. The van der Waals surface area contributed by atoms with Gasteiger partial charge in [0.05, 0.1) is 11.7 Å². The molecule has 0 bridgehead atoms. The number of amides is 4. The first kappa shape index (κ1) is 35.3. The van der Waals surface area contributed by atoms with Crippen molar-refractivity contribution in [3.05, 3.63) is 30.3 Å². The molecule has 2 aliphatic heterocycles. The molecule has 4 amide bonds. The zero-order valence-corrected chi connectivity index (χ0v) is 27.1. The SMILES string of the molecule is CC(=O)N[C@H]1[C@H]([C@H](OC(C)=O)[C@@H](COC(C)=O)OC(C)=O)O[C@]2(C[C@@H]1OC(C)=O)C(=O)N(c1ccccc1)C(=O)N2C1CCCCC1. The Bertz CT molecular complexity index is 1380. The number of hydrogen-bond acceptors (Lipinski definition) is 12. The number of para-hydroxylation sites is 1. The van der Waals surface area contributed by atoms with E-state index in [0.717, 1.165) is 51.9 Å². The van der Waals surface area contributed by atoms with E-state index in [2.05, 4.69) is 5.32 Å². The fourth-order valence-corrected chi connectivity index (χ4v) is 6.64. The van der Waals surface area contributed by atoms with Crippen LogP contribution < -0.4 is 10.2 Å². The number of rotatable bonds is 10. The van der Waals surface area contributed by atoms with Gasteiger partial charge in [-0.1, -0.05) is 37.5 Å². The van der Waals surface area contributed by atoms with Gasteiger partial charge in [-0.25, -0.2) is 9.69 Å². The normalized spacial score (nSPS) is 25.9. The predicted molar refractivity (Wildman–Crippen MR) is 161 cm³/mol. The van der Waals surface area contributed by atoms with Crippen molar-refractivity contribution in [2.75, 3.05) is 11.5 Å². The minimum absolute atomic E-state index is 0.275. The minimum Gasteiger partial charge on any atom is -0.462 e. The number of esters is 4. The lowest BCUT2D eigenvalue weighted by atomic mass is 9.84. The molecule has 15 heteroatoms. The maximum Gasteiger partial charge on any atom is 0.334 e. The molecule has 6 atom stereocenters. The second-order valence-electron chi connectivity index (χ2n) is 11.9. The Morgan fingerprint density at radius 1 is 0.894 bits per heavy atom. The largest absolute Gasteiger partial charge is 0.462 e. The monoisotopic (exact) mass is 659 g/mol. The van der Waals surface area contributed by atoms with Gasteiger partial charge in [0.1, 0.15) is 18.8 Å². The highest BCUT2D eigenvalue weighted by atomic mass is 16.6. The Hall–Kier alpha value is -4.53. The second kappa shape index (κ2) is 14.9. The van der Waals surface area contributed by atoms with Gasteiger partial charge in [-0.2, -0.15) is 0 Å². The molecule has 1 saturated carbocycles. The molecule has 256 valence electrons. The Morgan fingerprint density at radius 2 is 1.53 bits per heavy atom. The average molecular weight is 660 g/mol. The molecule has 1 aromatic carbocycles. The number of imide groups is 1. The summed E-state index contributed by atoms with van der Waals surface area (Å²) in [5, 5.41) is 2.67. The zero-order chi connectivity index (χ0) is 34.5. The molecular formula is C32H41N3O12. The lowest BCUT2D eigenvalue weighted by molar-refractivity contribution is -0.259. The molecule has 0 unspecified atom stereocenters. The molecule has 47 heavy (non-hydrogen) atoms. The number of carbonyl (C=O) groups is 7. The van der Waals surface area contributed by atoms with Crippen LogP contribution in [0.15, 0.2) is 30.3 Å². The van der Waals surface area contributed by atoms with Crippen LogP contribution in [0.3, 0.4) is 0 Å². The highest BCUT2D eigenvalue weighted by Gasteiger charge is 2.67. The molecule has 1 N–H and O–H groups in total. The third-order valence-corrected chi connectivity index (χ3v) is 8.29. The van der Waals surface area contributed by atoms with E-state index in [4.69, 9.17) is 23.7 Å². The topological polar surface area (TPSA) is 184 Å². The Morgan fingerprint density at radius 3 is 2.09 bits per heavy atom. The summed E-state index contributed by atoms with van der Waals surface area (Å²) >= 11 is 0. The van der Waals surface area contributed by atoms with Gasteiger partial charge in [0, 0.05) is 47.1 Å². The molecule has 3 aliphatic rings. The average Bonchev–Trinajstić information content (AvgIpc) is 3.20. The third-order valence-electron chi connectivity index (χ3n) is 8.29. The second-order valence-corrected chi connectivity index (χ2v) is 11.9. The number of anilines is 1. The van der Waals surface area contributed by atoms with Gasteiger partial charge in [-0.3, -0.25) is 33.7 Å². The quantitative estimate of drug-likeness (QED) is 0.220. The standard InChI is InChI=1S/C32H41N3O12/c1-18(36)33-27-25(44-20(3)38)16-32(47-29(27)28(46-22(5)40)26(45-21(4)39)17-43-19(2)37)30(41)34(23-12-8-6-9-13-23)31(42)35(32)24-14-10-7-11-15-24/h6,8-9,12-13,24-29H,7,10-11,14-17H2,1-5H3,(H,33,36)/t25-,26+,27+,28+,29+,32+/m0/s1. The predicted octanol–water partition coefficient (Wildman–Crippen LogP) is 2.14. The first-order chi connectivity index (χ1) is 22.2. The summed E-state index contributed by atoms with van der Waals surface area (Å²) in [4.78, 5) is 93.1. The molecule has 3 fully saturated rings. The van der Waals surface area contributed by atoms with Crippen LogP contribution in [0.25, 0.3) is 0 Å². The Labute approximate surface area is 272 Å². The summed E-state index contributed by atoms with van der Waals surface area (Å²) in [6.07, 6.45) is -2.81. The highest BCUT2D eigenvalue weighted by Crippen LogP contribution is 2.46. The molecule has 15 nitrogen and oxygen atoms in total. The summed E-state index contributed by atoms with van der Waals surface area (Å²) in [6, 6.07) is 5.84. The van der Waals surface area contributed by atoms with E-state index in [1.807, 2.05) is 0 Å². The van der Waals surface area contributed by atoms with Gasteiger partial charge in [0.25, 0.3) is 5.91 Å². The van der Waals surface area contributed by atoms with E-state index < -0.39 is 90.6 Å². The van der Waals surface area contributed by atoms with Crippen LogP contribution in [0.5, 0.6) is 0 Å². The van der Waals surface area contributed by atoms with Crippen molar-refractivity contribution in [3.63, 3.8) is 0 Å². The summed E-state index contributed by atoms with van der Waals surface area (Å²) in [5.74, 6) is -4.57. The van der Waals surface area contributed by atoms with Crippen LogP contribution in [0.1, 0.15) is 73.1 Å². The number of nitrogens with zero attached hydrogens (tertiary/aromatic N) is 2. The van der Waals surface area contributed by atoms with E-state index >= 15 is 0 Å². The smallest absolute Gasteiger partial charge is 0.334 e. The van der Waals surface area contributed by atoms with Crippen molar-refractivity contribution in [3.8, 4) is 0 Å². The van der Waals surface area contributed by atoms with E-state index in [9.17, 15) is 33.6 Å². The molecule has 0 radical (unpaired) electrons. The molecule has 0 aromatic heterocycles. The van der Waals surface area contributed by atoms with Gasteiger partial charge in [0.2, 0.25) is 11.6 Å². The number of benzene rings is 1. The van der Waals surface area contributed by atoms with Gasteiger partial charge >= 0.3 is 29.9 Å². The van der Waals surface area contributed by atoms with Crippen LogP contribution in [-0.4, -0.2) is 95.5 Å². The maximum atomic E-state index is 14.7. The van der Waals surface area contributed by atoms with Crippen molar-refractivity contribution in [1.82, 2.24) is 10.2 Å². The van der Waals surface area contributed by atoms with Crippen molar-refractivity contribution < 1.29 is 57.2 Å². The molecular weight excluding hydrogens is 618 g/mol. The number of nitrogens with one attached hydrogen (secondary N) is 1. The fourth-order valence-electron chi connectivity index (χ4n) is 6.64. The summed E-state index contributed by atoms with van der Waals surface area (Å²) < 4.78 is 28.7. The van der Waals surface area contributed by atoms with Crippen LogP contribution >= 0.6 is 0 Å². The minimum atomic E-state index is -2.12. The lowest BCUT2D eigenvalue weighted by Gasteiger charge is -2.51. The molecule has 2 saturated heterocycles. The van der Waals surface area contributed by atoms with Crippen LogP contribution in [0, 0.1) is 0 Å². The van der Waals surface area contributed by atoms with Gasteiger partial charge < -0.3 is 29.0 Å². The van der Waals surface area contributed by atoms with Crippen molar-refractivity contribution >= 4 is 47.4 Å². The summed E-state index contributed by atoms with van der Waals surface area (Å²) in [5.41, 5.74) is -1.84. The summed E-state index contributed by atoms with van der Waals surface area (Å²) in [6.45, 7) is 5.03. The number of ether oxygens (including phenoxy) is 5. The Kier molecular flexibility index (Phi) is 11.2. The van der Waals surface area contributed by atoms with E-state index in [-0.39, 0.29) is 12.1 Å². The van der Waals surface area contributed by atoms with Gasteiger partial charge in [0.15, 0.2) is 12.2 Å². The fraction of sp³-hybridized carbons (Fsp3) is 0.594. The van der Waals surface area contributed by atoms with Crippen LogP contribution in [0.4, 0.5) is 10.5 Å². The maximum absolute atomic E-state index is 14.7. The van der Waals surface area contributed by atoms with E-state index in [1.54, 1.807) is 30.3 Å². The first-order valence-electron chi connectivity index (χ1n) is 15.6. The van der Waals surface area contributed by atoms with Crippen LogP contribution in [-0.2, 0) is 52.5 Å². The third kappa shape index (κ3) is 7.89. The number of urea groups is 1. The van der Waals surface area contributed by atoms with Crippen LogP contribution in [0.2, 0.25) is 0 Å².